The Labute approximate surface area is 213 Å². The number of aromatic nitrogens is 4. The van der Waals surface area contributed by atoms with Gasteiger partial charge in [0.15, 0.2) is 12.4 Å². The Morgan fingerprint density at radius 2 is 1.94 bits per heavy atom. The standard InChI is InChI=1S/C23H20Br2ClN5O2/c1-14-22(25)15(2)31(28-14)12-16-4-3-5-18(10-16)27-23(32)20-8-9-30(29-20)13-33-21-7-6-17(24)11-19(21)26/h3-11H,12-13H2,1-2H3,(H,27,32). The van der Waals surface area contributed by atoms with E-state index in [4.69, 9.17) is 16.3 Å². The number of hydrogen-bond acceptors (Lipinski definition) is 4. The zero-order valence-corrected chi connectivity index (χ0v) is 21.8. The average Bonchev–Trinajstić information content (AvgIpc) is 3.34. The van der Waals surface area contributed by atoms with E-state index in [0.717, 1.165) is 25.9 Å². The maximum absolute atomic E-state index is 12.7. The summed E-state index contributed by atoms with van der Waals surface area (Å²) < 4.78 is 11.0. The van der Waals surface area contributed by atoms with Gasteiger partial charge in [0, 0.05) is 16.4 Å². The summed E-state index contributed by atoms with van der Waals surface area (Å²) in [6.45, 7) is 4.71. The molecule has 0 aliphatic rings. The number of amides is 1. The zero-order chi connectivity index (χ0) is 23.5. The van der Waals surface area contributed by atoms with Crippen molar-refractivity contribution in [3.8, 4) is 5.75 Å². The molecule has 0 spiro atoms. The fraction of sp³-hybridized carbons (Fsp3) is 0.174. The van der Waals surface area contributed by atoms with Crippen LogP contribution < -0.4 is 10.1 Å². The summed E-state index contributed by atoms with van der Waals surface area (Å²) in [5.74, 6) is 0.231. The molecule has 0 atom stereocenters. The molecular formula is C23H20Br2ClN5O2. The van der Waals surface area contributed by atoms with Crippen molar-refractivity contribution in [1.82, 2.24) is 19.6 Å². The van der Waals surface area contributed by atoms with Crippen molar-refractivity contribution < 1.29 is 9.53 Å². The molecule has 0 saturated heterocycles. The molecule has 0 fully saturated rings. The third-order valence-corrected chi connectivity index (χ3v) is 6.87. The van der Waals surface area contributed by atoms with Crippen LogP contribution in [0.4, 0.5) is 5.69 Å². The lowest BCUT2D eigenvalue weighted by molar-refractivity contribution is 0.102. The van der Waals surface area contributed by atoms with Gasteiger partial charge in [-0.3, -0.25) is 9.48 Å². The molecule has 0 unspecified atom stereocenters. The molecule has 170 valence electrons. The van der Waals surface area contributed by atoms with E-state index < -0.39 is 0 Å². The monoisotopic (exact) mass is 591 g/mol. The smallest absolute Gasteiger partial charge is 0.276 e. The number of rotatable bonds is 7. The molecule has 0 bridgehead atoms. The molecule has 0 radical (unpaired) electrons. The molecule has 7 nitrogen and oxygen atoms in total. The highest BCUT2D eigenvalue weighted by Crippen LogP contribution is 2.28. The van der Waals surface area contributed by atoms with Crippen molar-refractivity contribution in [2.75, 3.05) is 5.32 Å². The molecule has 2 heterocycles. The predicted molar refractivity (Wildman–Crippen MR) is 135 cm³/mol. The molecule has 10 heteroatoms. The third kappa shape index (κ3) is 5.66. The maximum Gasteiger partial charge on any atom is 0.276 e. The van der Waals surface area contributed by atoms with Gasteiger partial charge in [0.05, 0.1) is 27.4 Å². The van der Waals surface area contributed by atoms with Crippen molar-refractivity contribution in [3.05, 3.63) is 91.3 Å². The van der Waals surface area contributed by atoms with E-state index >= 15 is 0 Å². The predicted octanol–water partition coefficient (Wildman–Crippen LogP) is 6.21. The lowest BCUT2D eigenvalue weighted by Crippen LogP contribution is -2.14. The van der Waals surface area contributed by atoms with E-state index in [-0.39, 0.29) is 18.3 Å². The van der Waals surface area contributed by atoms with Gasteiger partial charge < -0.3 is 10.1 Å². The summed E-state index contributed by atoms with van der Waals surface area (Å²) in [7, 11) is 0. The van der Waals surface area contributed by atoms with Gasteiger partial charge in [-0.1, -0.05) is 39.7 Å². The molecule has 4 aromatic rings. The SMILES string of the molecule is Cc1nn(Cc2cccc(NC(=O)c3ccn(COc4ccc(Br)cc4Cl)n3)c2)c(C)c1Br. The Bertz CT molecular complexity index is 1320. The second-order valence-corrected chi connectivity index (χ2v) is 9.50. The fourth-order valence-electron chi connectivity index (χ4n) is 3.23. The van der Waals surface area contributed by atoms with Gasteiger partial charge in [0.25, 0.3) is 5.91 Å². The quantitative estimate of drug-likeness (QED) is 0.277. The van der Waals surface area contributed by atoms with E-state index in [1.165, 1.54) is 4.68 Å². The van der Waals surface area contributed by atoms with Gasteiger partial charge in [0.1, 0.15) is 5.75 Å². The molecule has 1 N–H and O–H groups in total. The molecule has 33 heavy (non-hydrogen) atoms. The number of anilines is 1. The van der Waals surface area contributed by atoms with E-state index in [2.05, 4.69) is 47.4 Å². The highest BCUT2D eigenvalue weighted by Gasteiger charge is 2.12. The topological polar surface area (TPSA) is 74.0 Å². The minimum absolute atomic E-state index is 0.127. The number of nitrogens with zero attached hydrogens (tertiary/aromatic N) is 4. The molecular weight excluding hydrogens is 574 g/mol. The second kappa shape index (κ2) is 10.1. The minimum Gasteiger partial charge on any atom is -0.470 e. The van der Waals surface area contributed by atoms with Gasteiger partial charge in [-0.25, -0.2) is 4.68 Å². The number of hydrogen-bond donors (Lipinski definition) is 1. The first kappa shape index (κ1) is 23.5. The van der Waals surface area contributed by atoms with Crippen molar-refractivity contribution in [3.63, 3.8) is 0 Å². The van der Waals surface area contributed by atoms with Crippen molar-refractivity contribution in [1.29, 1.82) is 0 Å². The number of halogens is 3. The number of aryl methyl sites for hydroxylation is 1. The normalized spacial score (nSPS) is 10.9. The van der Waals surface area contributed by atoms with Crippen LogP contribution in [0.25, 0.3) is 0 Å². The number of nitrogens with one attached hydrogen (secondary N) is 1. The Morgan fingerprint density at radius 3 is 2.67 bits per heavy atom. The summed E-state index contributed by atoms with van der Waals surface area (Å²) in [5.41, 5.74) is 3.99. The second-order valence-electron chi connectivity index (χ2n) is 7.39. The molecule has 0 aliphatic carbocycles. The Balaban J connectivity index is 1.39. The number of carbonyl (C=O) groups excluding carboxylic acids is 1. The fourth-order valence-corrected chi connectivity index (χ4v) is 4.24. The van der Waals surface area contributed by atoms with E-state index in [1.807, 2.05) is 48.9 Å². The van der Waals surface area contributed by atoms with Crippen LogP contribution in [0.1, 0.15) is 27.4 Å². The van der Waals surface area contributed by atoms with Gasteiger partial charge in [0.2, 0.25) is 0 Å². The first-order chi connectivity index (χ1) is 15.8. The number of ether oxygens (including phenoxy) is 1. The van der Waals surface area contributed by atoms with Crippen LogP contribution in [0.2, 0.25) is 5.02 Å². The minimum atomic E-state index is -0.304. The summed E-state index contributed by atoms with van der Waals surface area (Å²) in [6.07, 6.45) is 1.68. The maximum atomic E-state index is 12.7. The van der Waals surface area contributed by atoms with Crippen LogP contribution in [0.5, 0.6) is 5.75 Å². The Hall–Kier alpha value is -2.62. The van der Waals surface area contributed by atoms with E-state index in [9.17, 15) is 4.79 Å². The van der Waals surface area contributed by atoms with Crippen molar-refractivity contribution in [2.24, 2.45) is 0 Å². The molecule has 2 aromatic heterocycles. The summed E-state index contributed by atoms with van der Waals surface area (Å²) in [4.78, 5) is 12.7. The summed E-state index contributed by atoms with van der Waals surface area (Å²) in [6, 6.07) is 14.7. The lowest BCUT2D eigenvalue weighted by Gasteiger charge is -2.09. The van der Waals surface area contributed by atoms with Crippen LogP contribution >= 0.6 is 43.5 Å². The first-order valence-corrected chi connectivity index (χ1v) is 12.0. The summed E-state index contributed by atoms with van der Waals surface area (Å²) >= 11 is 13.1. The van der Waals surface area contributed by atoms with Crippen LogP contribution in [0, 0.1) is 13.8 Å². The van der Waals surface area contributed by atoms with Gasteiger partial charge in [-0.2, -0.15) is 10.2 Å². The molecule has 0 saturated carbocycles. The molecule has 0 aliphatic heterocycles. The zero-order valence-electron chi connectivity index (χ0n) is 17.8. The van der Waals surface area contributed by atoms with E-state index in [1.54, 1.807) is 24.4 Å². The van der Waals surface area contributed by atoms with Crippen LogP contribution in [0.15, 0.2) is 63.7 Å². The van der Waals surface area contributed by atoms with Crippen LogP contribution in [0.3, 0.4) is 0 Å². The Morgan fingerprint density at radius 1 is 1.12 bits per heavy atom. The van der Waals surface area contributed by atoms with Gasteiger partial charge in [-0.05, 0) is 71.7 Å². The number of benzene rings is 2. The van der Waals surface area contributed by atoms with Crippen LogP contribution in [-0.2, 0) is 13.3 Å². The largest absolute Gasteiger partial charge is 0.470 e. The molecule has 1 amide bonds. The highest BCUT2D eigenvalue weighted by atomic mass is 79.9. The molecule has 2 aromatic carbocycles. The van der Waals surface area contributed by atoms with Gasteiger partial charge >= 0.3 is 0 Å². The van der Waals surface area contributed by atoms with Gasteiger partial charge in [-0.15, -0.1) is 0 Å². The third-order valence-electron chi connectivity index (χ3n) is 4.93. The van der Waals surface area contributed by atoms with Crippen molar-refractivity contribution in [2.45, 2.75) is 27.1 Å². The lowest BCUT2D eigenvalue weighted by atomic mass is 10.2. The molecule has 4 rings (SSSR count). The highest BCUT2D eigenvalue weighted by molar-refractivity contribution is 9.10. The van der Waals surface area contributed by atoms with Crippen molar-refractivity contribution >= 4 is 55.1 Å². The van der Waals surface area contributed by atoms with Crippen LogP contribution in [-0.4, -0.2) is 25.5 Å². The average molecular weight is 594 g/mol. The first-order valence-electron chi connectivity index (χ1n) is 10.0. The Kier molecular flexibility index (Phi) is 7.21. The van der Waals surface area contributed by atoms with E-state index in [0.29, 0.717) is 23.0 Å². The summed E-state index contributed by atoms with van der Waals surface area (Å²) in [5, 5.41) is 12.2. The number of carbonyl (C=O) groups is 1.